The third-order valence-electron chi connectivity index (χ3n) is 13.1. The molecule has 1 aliphatic heterocycles. The lowest BCUT2D eigenvalue weighted by Gasteiger charge is -2.45. The fourth-order valence-corrected chi connectivity index (χ4v) is 9.88. The van der Waals surface area contributed by atoms with E-state index in [0.717, 1.165) is 77.0 Å². The minimum atomic E-state index is -1.77. The molecule has 1 amide bonds. The van der Waals surface area contributed by atoms with Crippen LogP contribution in [0.15, 0.2) is 60.7 Å². The SMILES string of the molecule is CCCCCCCCCCCC(CC(=O)N[C@H]1C(O[SiH](C)C)O[C@H](COC(C)(C)C)[C@@H](O)[C@@H]1OC(=O)CCCCCCCCCc1ccccc1)OC(=O)CCCCCCCCCc1ccccc1. The van der Waals surface area contributed by atoms with E-state index in [1.165, 1.54) is 88.2 Å². The van der Waals surface area contributed by atoms with Gasteiger partial charge in [-0.15, -0.1) is 0 Å². The Morgan fingerprint density at radius 1 is 0.652 bits per heavy atom. The van der Waals surface area contributed by atoms with E-state index in [0.29, 0.717) is 19.3 Å². The van der Waals surface area contributed by atoms with Crippen LogP contribution in [-0.2, 0) is 50.6 Å². The Labute approximate surface area is 421 Å². The van der Waals surface area contributed by atoms with E-state index in [2.05, 4.69) is 72.9 Å². The maximum absolute atomic E-state index is 14.1. The fraction of sp³-hybridized carbons (Fsp3) is 0.741. The van der Waals surface area contributed by atoms with Crippen LogP contribution in [0.25, 0.3) is 0 Å². The number of amides is 1. The maximum atomic E-state index is 14.1. The third-order valence-corrected chi connectivity index (χ3v) is 13.9. The van der Waals surface area contributed by atoms with Crippen molar-refractivity contribution < 1.29 is 42.9 Å². The summed E-state index contributed by atoms with van der Waals surface area (Å²) in [6.45, 7) is 12.1. The molecule has 1 aliphatic rings. The molecule has 0 saturated carbocycles. The monoisotopic (exact) mass is 980 g/mol. The van der Waals surface area contributed by atoms with Crippen LogP contribution in [0.5, 0.6) is 0 Å². The van der Waals surface area contributed by atoms with Gasteiger partial charge in [-0.25, -0.2) is 0 Å². The molecule has 2 aromatic carbocycles. The van der Waals surface area contributed by atoms with Gasteiger partial charge in [-0.1, -0.05) is 183 Å². The molecule has 1 fully saturated rings. The summed E-state index contributed by atoms with van der Waals surface area (Å²) in [5.74, 6) is -1.07. The number of rotatable bonds is 39. The van der Waals surface area contributed by atoms with Crippen molar-refractivity contribution >= 4 is 26.9 Å². The number of hydrogen-bond acceptors (Lipinski definition) is 9. The third kappa shape index (κ3) is 29.1. The van der Waals surface area contributed by atoms with Crippen molar-refractivity contribution in [3.05, 3.63) is 71.8 Å². The molecule has 6 atom stereocenters. The van der Waals surface area contributed by atoms with Crippen molar-refractivity contribution in [3.63, 3.8) is 0 Å². The Morgan fingerprint density at radius 3 is 1.61 bits per heavy atom. The van der Waals surface area contributed by atoms with Crippen molar-refractivity contribution in [1.29, 1.82) is 0 Å². The molecule has 3 rings (SSSR count). The summed E-state index contributed by atoms with van der Waals surface area (Å²) >= 11 is 0. The summed E-state index contributed by atoms with van der Waals surface area (Å²) < 4.78 is 31.0. The molecule has 0 bridgehead atoms. The lowest BCUT2D eigenvalue weighted by molar-refractivity contribution is -0.259. The van der Waals surface area contributed by atoms with Gasteiger partial charge < -0.3 is 33.8 Å². The highest BCUT2D eigenvalue weighted by atomic mass is 28.3. The number of ether oxygens (including phenoxy) is 4. The summed E-state index contributed by atoms with van der Waals surface area (Å²) in [5.41, 5.74) is 2.27. The lowest BCUT2D eigenvalue weighted by atomic mass is 9.96. The van der Waals surface area contributed by atoms with E-state index in [4.69, 9.17) is 23.4 Å². The van der Waals surface area contributed by atoms with E-state index in [9.17, 15) is 19.5 Å². The largest absolute Gasteiger partial charge is 0.462 e. The second-order valence-corrected chi connectivity index (χ2v) is 23.4. The van der Waals surface area contributed by atoms with Crippen LogP contribution in [0.2, 0.25) is 13.1 Å². The number of carbonyl (C=O) groups excluding carboxylic acids is 3. The molecule has 2 aromatic rings. The zero-order valence-corrected chi connectivity index (χ0v) is 45.4. The van der Waals surface area contributed by atoms with E-state index in [1.54, 1.807) is 0 Å². The van der Waals surface area contributed by atoms with Gasteiger partial charge in [-0.05, 0) is 96.4 Å². The highest BCUT2D eigenvalue weighted by molar-refractivity contribution is 6.48. The molecule has 1 saturated heterocycles. The number of esters is 2. The number of unbranched alkanes of at least 4 members (excludes halogenated alkanes) is 20. The van der Waals surface area contributed by atoms with E-state index in [-0.39, 0.29) is 31.3 Å². The van der Waals surface area contributed by atoms with Crippen LogP contribution in [-0.4, -0.2) is 80.9 Å². The second kappa shape index (κ2) is 36.8. The summed E-state index contributed by atoms with van der Waals surface area (Å²) in [4.78, 5) is 41.0. The van der Waals surface area contributed by atoms with Gasteiger partial charge in [0.05, 0.1) is 18.6 Å². The van der Waals surface area contributed by atoms with Crippen LogP contribution in [0.1, 0.15) is 212 Å². The molecule has 11 heteroatoms. The summed E-state index contributed by atoms with van der Waals surface area (Å²) in [6.07, 6.45) is 23.8. The van der Waals surface area contributed by atoms with Gasteiger partial charge in [-0.2, -0.15) is 0 Å². The van der Waals surface area contributed by atoms with Crippen molar-refractivity contribution in [1.82, 2.24) is 5.32 Å². The lowest BCUT2D eigenvalue weighted by Crippen LogP contribution is -2.66. The number of aliphatic hydroxyl groups excluding tert-OH is 1. The number of benzene rings is 2. The van der Waals surface area contributed by atoms with Gasteiger partial charge in [0.1, 0.15) is 24.4 Å². The van der Waals surface area contributed by atoms with Gasteiger partial charge in [0.2, 0.25) is 5.91 Å². The average molecular weight is 980 g/mol. The Kier molecular flexibility index (Phi) is 32.1. The normalized spacial score (nSPS) is 18.8. The molecule has 1 heterocycles. The minimum absolute atomic E-state index is 0.0480. The Hall–Kier alpha value is -3.09. The predicted molar refractivity (Wildman–Crippen MR) is 283 cm³/mol. The molecular formula is C58H97NO9Si. The molecular weight excluding hydrogens is 883 g/mol. The molecule has 69 heavy (non-hydrogen) atoms. The van der Waals surface area contributed by atoms with Gasteiger partial charge in [0.15, 0.2) is 21.4 Å². The predicted octanol–water partition coefficient (Wildman–Crippen LogP) is 13.2. The van der Waals surface area contributed by atoms with Crippen LogP contribution in [0, 0.1) is 0 Å². The van der Waals surface area contributed by atoms with Crippen molar-refractivity contribution in [2.75, 3.05) is 6.61 Å². The molecule has 2 N–H and O–H groups in total. The molecule has 2 unspecified atom stereocenters. The fourth-order valence-electron chi connectivity index (χ4n) is 9.11. The van der Waals surface area contributed by atoms with Gasteiger partial charge in [0.25, 0.3) is 0 Å². The molecule has 10 nitrogen and oxygen atoms in total. The van der Waals surface area contributed by atoms with Crippen molar-refractivity contribution in [2.24, 2.45) is 0 Å². The summed E-state index contributed by atoms with van der Waals surface area (Å²) in [5, 5.41) is 14.9. The Bertz CT molecular complexity index is 1610. The van der Waals surface area contributed by atoms with Crippen LogP contribution >= 0.6 is 0 Å². The van der Waals surface area contributed by atoms with Gasteiger partial charge in [-0.3, -0.25) is 14.4 Å². The number of aliphatic hydroxyl groups is 1. The highest BCUT2D eigenvalue weighted by Gasteiger charge is 2.49. The number of carbonyl (C=O) groups is 3. The Morgan fingerprint density at radius 2 is 1.12 bits per heavy atom. The van der Waals surface area contributed by atoms with Crippen LogP contribution in [0.3, 0.4) is 0 Å². The van der Waals surface area contributed by atoms with E-state index >= 15 is 0 Å². The number of aryl methyl sites for hydroxylation is 2. The van der Waals surface area contributed by atoms with E-state index in [1.807, 2.05) is 33.9 Å². The number of hydrogen-bond donors (Lipinski definition) is 2. The average Bonchev–Trinajstić information content (AvgIpc) is 3.31. The minimum Gasteiger partial charge on any atom is -0.462 e. The molecule has 0 spiro atoms. The molecule has 0 radical (unpaired) electrons. The smallest absolute Gasteiger partial charge is 0.306 e. The number of nitrogens with one attached hydrogen (secondary N) is 1. The van der Waals surface area contributed by atoms with Gasteiger partial charge >= 0.3 is 11.9 Å². The quantitative estimate of drug-likeness (QED) is 0.0382. The zero-order valence-electron chi connectivity index (χ0n) is 44.2. The standard InChI is InChI=1S/C58H97NO9Si/c1-7-8-9-10-11-12-17-22-33-42-49(65-52(61)43-34-23-18-13-15-20-27-36-47-38-29-25-30-39-47)45-51(60)59-54-56(55(63)50(46-64-58(2,3)4)66-57(54)68-69(5)6)67-53(62)44-35-24-19-14-16-21-28-37-48-40-31-26-32-41-48/h25-26,29-32,38-41,49-50,54-57,63,69H,7-24,27-28,33-37,42-46H2,1-6H3,(H,59,60)/t49?,50-,54-,55-,56-,57?/m1/s1. The first-order valence-corrected chi connectivity index (χ1v) is 30.5. The Balaban J connectivity index is 1.58. The summed E-state index contributed by atoms with van der Waals surface area (Å²) in [7, 11) is -1.77. The first kappa shape index (κ1) is 60.2. The summed E-state index contributed by atoms with van der Waals surface area (Å²) in [6, 6.07) is 20.3. The van der Waals surface area contributed by atoms with Crippen LogP contribution in [0.4, 0.5) is 0 Å². The van der Waals surface area contributed by atoms with Crippen LogP contribution < -0.4 is 5.32 Å². The second-order valence-electron chi connectivity index (χ2n) is 21.0. The maximum Gasteiger partial charge on any atom is 0.306 e. The van der Waals surface area contributed by atoms with E-state index < -0.39 is 57.4 Å². The van der Waals surface area contributed by atoms with Crippen molar-refractivity contribution in [3.8, 4) is 0 Å². The first-order valence-electron chi connectivity index (χ1n) is 27.7. The molecule has 0 aliphatic carbocycles. The zero-order chi connectivity index (χ0) is 50.0. The highest BCUT2D eigenvalue weighted by Crippen LogP contribution is 2.28. The van der Waals surface area contributed by atoms with Crippen molar-refractivity contribution in [2.45, 2.75) is 269 Å². The molecule has 392 valence electrons. The van der Waals surface area contributed by atoms with Gasteiger partial charge in [0, 0.05) is 12.8 Å². The topological polar surface area (TPSA) is 130 Å². The first-order chi connectivity index (χ1) is 33.3. The molecule has 0 aromatic heterocycles.